The number of nitrogens with one attached hydrogen (secondary N) is 1. The summed E-state index contributed by atoms with van der Waals surface area (Å²) < 4.78 is 10.9. The summed E-state index contributed by atoms with van der Waals surface area (Å²) in [6, 6.07) is 20.2. The molecule has 1 aliphatic heterocycles. The Kier molecular flexibility index (Phi) is 8.83. The zero-order valence-corrected chi connectivity index (χ0v) is 22.3. The van der Waals surface area contributed by atoms with Crippen LogP contribution in [0.5, 0.6) is 5.75 Å². The molecule has 0 saturated carbocycles. The SMILES string of the molecule is COc1cc(CC(=O)N(C)c2ccc(C(CCC(=O)O)OC)cc2)ccc1NC(=O)N1CCc2ccccc21. The number of aliphatic carboxylic acids is 1. The lowest BCUT2D eigenvalue weighted by Gasteiger charge is -2.21. The van der Waals surface area contributed by atoms with E-state index in [1.165, 1.54) is 7.11 Å². The lowest BCUT2D eigenvalue weighted by Crippen LogP contribution is -2.33. The number of amides is 3. The first-order valence-electron chi connectivity index (χ1n) is 12.7. The molecule has 3 aromatic carbocycles. The Bertz CT molecular complexity index is 1340. The summed E-state index contributed by atoms with van der Waals surface area (Å²) in [5.41, 5.74) is 4.89. The summed E-state index contributed by atoms with van der Waals surface area (Å²) in [4.78, 5) is 40.2. The van der Waals surface area contributed by atoms with Crippen LogP contribution in [0.4, 0.5) is 21.9 Å². The molecule has 1 heterocycles. The smallest absolute Gasteiger partial charge is 0.326 e. The Morgan fingerprint density at radius 1 is 1.05 bits per heavy atom. The first-order valence-corrected chi connectivity index (χ1v) is 12.7. The number of para-hydroxylation sites is 1. The van der Waals surface area contributed by atoms with Crippen molar-refractivity contribution in [1.29, 1.82) is 0 Å². The Morgan fingerprint density at radius 3 is 2.49 bits per heavy atom. The predicted molar refractivity (Wildman–Crippen MR) is 150 cm³/mol. The molecule has 0 radical (unpaired) electrons. The van der Waals surface area contributed by atoms with Gasteiger partial charge >= 0.3 is 12.0 Å². The van der Waals surface area contributed by atoms with E-state index in [-0.39, 0.29) is 30.9 Å². The van der Waals surface area contributed by atoms with Crippen molar-refractivity contribution >= 4 is 35.0 Å². The van der Waals surface area contributed by atoms with Crippen LogP contribution >= 0.6 is 0 Å². The zero-order valence-electron chi connectivity index (χ0n) is 22.3. The Morgan fingerprint density at radius 2 is 1.79 bits per heavy atom. The summed E-state index contributed by atoms with van der Waals surface area (Å²) in [6.07, 6.45) is 1.00. The predicted octanol–water partition coefficient (Wildman–Crippen LogP) is 5.05. The standard InChI is InChI=1S/C30H33N3O6/c1-32(23-11-9-22(10-12-23)26(38-2)14-15-29(35)36)28(34)19-20-8-13-24(27(18-20)39-3)31-30(37)33-17-16-21-6-4-5-7-25(21)33/h4-13,18,26H,14-17,19H2,1-3H3,(H,31,37)(H,35,36). The van der Waals surface area contributed by atoms with Crippen molar-refractivity contribution in [3.8, 4) is 5.75 Å². The zero-order chi connectivity index (χ0) is 27.9. The first-order chi connectivity index (χ1) is 18.8. The van der Waals surface area contributed by atoms with Crippen LogP contribution in [0.1, 0.15) is 35.6 Å². The highest BCUT2D eigenvalue weighted by molar-refractivity contribution is 6.04. The second-order valence-electron chi connectivity index (χ2n) is 9.37. The molecule has 39 heavy (non-hydrogen) atoms. The van der Waals surface area contributed by atoms with E-state index in [4.69, 9.17) is 14.6 Å². The Labute approximate surface area is 227 Å². The number of hydrogen-bond donors (Lipinski definition) is 2. The van der Waals surface area contributed by atoms with Crippen molar-refractivity contribution in [2.45, 2.75) is 31.8 Å². The van der Waals surface area contributed by atoms with Gasteiger partial charge < -0.3 is 24.8 Å². The maximum absolute atomic E-state index is 13.0. The number of methoxy groups -OCH3 is 2. The number of anilines is 3. The Balaban J connectivity index is 1.39. The fraction of sp³-hybridized carbons (Fsp3) is 0.300. The number of likely N-dealkylation sites (N-methyl/N-ethyl adjacent to an activating group) is 1. The number of ether oxygens (including phenoxy) is 2. The summed E-state index contributed by atoms with van der Waals surface area (Å²) in [7, 11) is 4.78. The highest BCUT2D eigenvalue weighted by atomic mass is 16.5. The minimum absolute atomic E-state index is 0.0107. The molecule has 1 atom stereocenters. The molecule has 0 aromatic heterocycles. The molecule has 9 nitrogen and oxygen atoms in total. The van der Waals surface area contributed by atoms with E-state index in [9.17, 15) is 14.4 Å². The van der Waals surface area contributed by atoms with Gasteiger partial charge in [-0.25, -0.2) is 4.79 Å². The summed E-state index contributed by atoms with van der Waals surface area (Å²) in [6.45, 7) is 0.613. The third-order valence-electron chi connectivity index (χ3n) is 6.93. The average molecular weight is 532 g/mol. The molecule has 0 bridgehead atoms. The van der Waals surface area contributed by atoms with Gasteiger partial charge in [0.1, 0.15) is 5.75 Å². The molecule has 0 saturated heterocycles. The maximum Gasteiger partial charge on any atom is 0.326 e. The van der Waals surface area contributed by atoms with Crippen LogP contribution in [-0.2, 0) is 27.2 Å². The fourth-order valence-corrected chi connectivity index (χ4v) is 4.71. The van der Waals surface area contributed by atoms with Gasteiger partial charge in [0.2, 0.25) is 5.91 Å². The van der Waals surface area contributed by atoms with E-state index in [1.54, 1.807) is 42.2 Å². The van der Waals surface area contributed by atoms with Crippen molar-refractivity contribution in [2.24, 2.45) is 0 Å². The van der Waals surface area contributed by atoms with Crippen LogP contribution in [0, 0.1) is 0 Å². The number of benzene rings is 3. The van der Waals surface area contributed by atoms with Crippen LogP contribution in [0.3, 0.4) is 0 Å². The minimum atomic E-state index is -0.872. The van der Waals surface area contributed by atoms with Crippen molar-refractivity contribution in [1.82, 2.24) is 0 Å². The number of carbonyl (C=O) groups excluding carboxylic acids is 2. The van der Waals surface area contributed by atoms with Gasteiger partial charge in [0.25, 0.3) is 0 Å². The van der Waals surface area contributed by atoms with Gasteiger partial charge in [-0.05, 0) is 59.9 Å². The number of carbonyl (C=O) groups is 3. The molecule has 2 N–H and O–H groups in total. The summed E-state index contributed by atoms with van der Waals surface area (Å²) in [5, 5.41) is 11.9. The molecule has 3 aromatic rings. The van der Waals surface area contributed by atoms with E-state index in [0.29, 0.717) is 30.1 Å². The van der Waals surface area contributed by atoms with Crippen LogP contribution in [0.15, 0.2) is 66.7 Å². The number of urea groups is 1. The molecular weight excluding hydrogens is 498 g/mol. The van der Waals surface area contributed by atoms with Crippen molar-refractivity contribution in [3.05, 3.63) is 83.4 Å². The van der Waals surface area contributed by atoms with Gasteiger partial charge in [-0.1, -0.05) is 36.4 Å². The van der Waals surface area contributed by atoms with Crippen molar-refractivity contribution in [2.75, 3.05) is 42.9 Å². The Hall–Kier alpha value is -4.37. The molecule has 9 heteroatoms. The van der Waals surface area contributed by atoms with Crippen molar-refractivity contribution < 1.29 is 29.0 Å². The highest BCUT2D eigenvalue weighted by Crippen LogP contribution is 2.31. The number of fused-ring (bicyclic) bond motifs is 1. The van der Waals surface area contributed by atoms with Gasteiger partial charge in [-0.2, -0.15) is 0 Å². The second kappa shape index (κ2) is 12.4. The molecule has 0 aliphatic carbocycles. The van der Waals surface area contributed by atoms with Gasteiger partial charge in [-0.15, -0.1) is 0 Å². The summed E-state index contributed by atoms with van der Waals surface area (Å²) >= 11 is 0. The van der Waals surface area contributed by atoms with Gasteiger partial charge in [0.15, 0.2) is 0 Å². The second-order valence-corrected chi connectivity index (χ2v) is 9.37. The molecule has 4 rings (SSSR count). The van der Waals surface area contributed by atoms with E-state index in [2.05, 4.69) is 5.32 Å². The highest BCUT2D eigenvalue weighted by Gasteiger charge is 2.25. The summed E-state index contributed by atoms with van der Waals surface area (Å²) in [5.74, 6) is -0.520. The van der Waals surface area contributed by atoms with Crippen LogP contribution in [0.2, 0.25) is 0 Å². The maximum atomic E-state index is 13.0. The van der Waals surface area contributed by atoms with Gasteiger partial charge in [0, 0.05) is 38.5 Å². The first kappa shape index (κ1) is 27.7. The fourth-order valence-electron chi connectivity index (χ4n) is 4.71. The molecule has 0 fully saturated rings. The van der Waals surface area contributed by atoms with Gasteiger partial charge in [0.05, 0.1) is 25.3 Å². The quantitative estimate of drug-likeness (QED) is 0.379. The van der Waals surface area contributed by atoms with E-state index >= 15 is 0 Å². The number of hydrogen-bond acceptors (Lipinski definition) is 5. The average Bonchev–Trinajstić information content (AvgIpc) is 3.38. The monoisotopic (exact) mass is 531 g/mol. The third-order valence-corrected chi connectivity index (χ3v) is 6.93. The number of rotatable bonds is 10. The molecule has 1 unspecified atom stereocenters. The molecule has 1 aliphatic rings. The van der Waals surface area contributed by atoms with E-state index in [1.807, 2.05) is 48.5 Å². The largest absolute Gasteiger partial charge is 0.495 e. The number of carboxylic acid groups (broad SMARTS) is 1. The van der Waals surface area contributed by atoms with Crippen LogP contribution in [0.25, 0.3) is 0 Å². The molecule has 204 valence electrons. The number of nitrogens with zero attached hydrogens (tertiary/aromatic N) is 2. The number of carboxylic acids is 1. The molecule has 0 spiro atoms. The molecule has 3 amide bonds. The van der Waals surface area contributed by atoms with E-state index < -0.39 is 5.97 Å². The third kappa shape index (κ3) is 6.56. The lowest BCUT2D eigenvalue weighted by molar-refractivity contribution is -0.137. The van der Waals surface area contributed by atoms with Crippen LogP contribution in [-0.4, -0.2) is 50.8 Å². The topological polar surface area (TPSA) is 108 Å². The lowest BCUT2D eigenvalue weighted by atomic mass is 10.0. The van der Waals surface area contributed by atoms with Crippen LogP contribution < -0.4 is 19.9 Å². The minimum Gasteiger partial charge on any atom is -0.495 e. The van der Waals surface area contributed by atoms with Crippen molar-refractivity contribution in [3.63, 3.8) is 0 Å². The normalized spacial score (nSPS) is 12.9. The van der Waals surface area contributed by atoms with E-state index in [0.717, 1.165) is 28.8 Å². The van der Waals surface area contributed by atoms with Gasteiger partial charge in [-0.3, -0.25) is 14.5 Å². The molecular formula is C30H33N3O6.